The fraction of sp³-hybridized carbons (Fsp3) is 0.176. The number of carbonyl (C=O) groups excluding carboxylic acids is 4. The highest BCUT2D eigenvalue weighted by atomic mass is 16.2. The Morgan fingerprint density at radius 1 is 0.913 bits per heavy atom. The van der Waals surface area contributed by atoms with E-state index < -0.39 is 23.8 Å². The van der Waals surface area contributed by atoms with Gasteiger partial charge in [-0.05, 0) is 29.3 Å². The Hall–Kier alpha value is -3.02. The third-order valence-corrected chi connectivity index (χ3v) is 4.31. The van der Waals surface area contributed by atoms with Crippen molar-refractivity contribution in [2.24, 2.45) is 0 Å². The van der Waals surface area contributed by atoms with E-state index in [-0.39, 0.29) is 18.7 Å². The number of hydrogen-bond acceptors (Lipinski definition) is 4. The summed E-state index contributed by atoms with van der Waals surface area (Å²) in [4.78, 5) is 49.5. The lowest BCUT2D eigenvalue weighted by Crippen LogP contribution is -2.54. The van der Waals surface area contributed by atoms with Crippen LogP contribution in [0.4, 0.5) is 0 Å². The molecule has 0 radical (unpaired) electrons. The van der Waals surface area contributed by atoms with Gasteiger partial charge in [0.05, 0.1) is 11.1 Å². The van der Waals surface area contributed by atoms with Crippen LogP contribution in [0.5, 0.6) is 0 Å². The van der Waals surface area contributed by atoms with E-state index in [0.717, 1.165) is 15.7 Å². The van der Waals surface area contributed by atoms with Crippen molar-refractivity contribution in [2.45, 2.75) is 18.9 Å². The van der Waals surface area contributed by atoms with Crippen LogP contribution in [0.3, 0.4) is 0 Å². The molecule has 0 spiro atoms. The summed E-state index contributed by atoms with van der Waals surface area (Å²) in [6.45, 7) is 0. The van der Waals surface area contributed by atoms with Crippen LogP contribution in [-0.2, 0) is 9.59 Å². The zero-order valence-corrected chi connectivity index (χ0v) is 12.0. The maximum Gasteiger partial charge on any atom is 0.262 e. The predicted octanol–water partition coefficient (Wildman–Crippen LogP) is 1.24. The van der Waals surface area contributed by atoms with Crippen molar-refractivity contribution < 1.29 is 19.2 Å². The molecule has 6 heteroatoms. The molecule has 6 nitrogen and oxygen atoms in total. The first-order valence-electron chi connectivity index (χ1n) is 7.30. The highest BCUT2D eigenvalue weighted by Gasteiger charge is 2.44. The molecule has 4 amide bonds. The molecule has 1 unspecified atom stereocenters. The van der Waals surface area contributed by atoms with E-state index >= 15 is 0 Å². The SMILES string of the molecule is O=C1CCC(N2C(=O)c3cc4ccccc4cc3C2=O)C(=O)N1. The minimum atomic E-state index is -0.928. The minimum Gasteiger partial charge on any atom is -0.295 e. The zero-order chi connectivity index (χ0) is 16.1. The Morgan fingerprint density at radius 2 is 1.48 bits per heavy atom. The van der Waals surface area contributed by atoms with Crippen LogP contribution >= 0.6 is 0 Å². The van der Waals surface area contributed by atoms with Crippen molar-refractivity contribution in [1.29, 1.82) is 0 Å². The third kappa shape index (κ3) is 1.95. The first-order valence-corrected chi connectivity index (χ1v) is 7.30. The summed E-state index contributed by atoms with van der Waals surface area (Å²) in [5.41, 5.74) is 0.608. The summed E-state index contributed by atoms with van der Waals surface area (Å²) < 4.78 is 0. The first kappa shape index (κ1) is 13.6. The molecule has 0 saturated carbocycles. The first-order chi connectivity index (χ1) is 11.1. The molecule has 2 aromatic rings. The molecule has 0 aromatic heterocycles. The second-order valence-corrected chi connectivity index (χ2v) is 5.69. The second-order valence-electron chi connectivity index (χ2n) is 5.69. The number of amides is 4. The average molecular weight is 308 g/mol. The van der Waals surface area contributed by atoms with Crippen LogP contribution in [0.25, 0.3) is 10.8 Å². The molecule has 1 N–H and O–H groups in total. The number of piperidine rings is 1. The molecule has 1 fully saturated rings. The number of nitrogens with one attached hydrogen (secondary N) is 1. The number of hydrogen-bond donors (Lipinski definition) is 1. The molecule has 2 aromatic carbocycles. The molecule has 0 aliphatic carbocycles. The molecular weight excluding hydrogens is 296 g/mol. The smallest absolute Gasteiger partial charge is 0.262 e. The van der Waals surface area contributed by atoms with E-state index in [1.807, 2.05) is 24.3 Å². The van der Waals surface area contributed by atoms with Gasteiger partial charge in [-0.15, -0.1) is 0 Å². The summed E-state index contributed by atoms with van der Waals surface area (Å²) in [5.74, 6) is -1.94. The van der Waals surface area contributed by atoms with Gasteiger partial charge in [-0.2, -0.15) is 0 Å². The maximum atomic E-state index is 12.6. The third-order valence-electron chi connectivity index (χ3n) is 4.31. The van der Waals surface area contributed by atoms with E-state index in [1.54, 1.807) is 12.1 Å². The van der Waals surface area contributed by atoms with Gasteiger partial charge in [-0.3, -0.25) is 29.4 Å². The van der Waals surface area contributed by atoms with Crippen LogP contribution < -0.4 is 5.32 Å². The van der Waals surface area contributed by atoms with Crippen molar-refractivity contribution in [1.82, 2.24) is 10.2 Å². The monoisotopic (exact) mass is 308 g/mol. The highest BCUT2D eigenvalue weighted by molar-refractivity contribution is 6.24. The van der Waals surface area contributed by atoms with Gasteiger partial charge in [0.15, 0.2) is 0 Å². The molecule has 2 heterocycles. The van der Waals surface area contributed by atoms with Crippen LogP contribution in [0.2, 0.25) is 0 Å². The fourth-order valence-corrected chi connectivity index (χ4v) is 3.16. The van der Waals surface area contributed by atoms with E-state index in [2.05, 4.69) is 5.32 Å². The van der Waals surface area contributed by atoms with Crippen molar-refractivity contribution in [2.75, 3.05) is 0 Å². The quantitative estimate of drug-likeness (QED) is 0.803. The fourth-order valence-electron chi connectivity index (χ4n) is 3.16. The molecule has 2 aliphatic rings. The number of carbonyl (C=O) groups is 4. The molecule has 4 rings (SSSR count). The van der Waals surface area contributed by atoms with Crippen molar-refractivity contribution in [3.05, 3.63) is 47.5 Å². The Labute approximate surface area is 131 Å². The number of imide groups is 2. The number of nitrogens with zero attached hydrogens (tertiary/aromatic N) is 1. The van der Waals surface area contributed by atoms with E-state index in [9.17, 15) is 19.2 Å². The molecule has 2 aliphatic heterocycles. The van der Waals surface area contributed by atoms with E-state index in [0.29, 0.717) is 11.1 Å². The van der Waals surface area contributed by atoms with Gasteiger partial charge >= 0.3 is 0 Å². The second kappa shape index (κ2) is 4.74. The summed E-state index contributed by atoms with van der Waals surface area (Å²) in [6, 6.07) is 9.86. The van der Waals surface area contributed by atoms with Gasteiger partial charge in [0, 0.05) is 6.42 Å². The van der Waals surface area contributed by atoms with Gasteiger partial charge in [0.1, 0.15) is 6.04 Å². The summed E-state index contributed by atoms with van der Waals surface area (Å²) >= 11 is 0. The highest BCUT2D eigenvalue weighted by Crippen LogP contribution is 2.30. The van der Waals surface area contributed by atoms with Crippen LogP contribution in [0.1, 0.15) is 33.6 Å². The summed E-state index contributed by atoms with van der Waals surface area (Å²) in [6.07, 6.45) is 0.279. The van der Waals surface area contributed by atoms with Crippen LogP contribution in [-0.4, -0.2) is 34.6 Å². The summed E-state index contributed by atoms with van der Waals surface area (Å²) in [7, 11) is 0. The number of fused-ring (bicyclic) bond motifs is 2. The molecule has 23 heavy (non-hydrogen) atoms. The Bertz CT molecular complexity index is 848. The number of rotatable bonds is 1. The normalized spacial score (nSPS) is 20.9. The van der Waals surface area contributed by atoms with Crippen molar-refractivity contribution in [3.8, 4) is 0 Å². The lowest BCUT2D eigenvalue weighted by atomic mass is 10.0. The topological polar surface area (TPSA) is 83.6 Å². The summed E-state index contributed by atoms with van der Waals surface area (Å²) in [5, 5.41) is 3.90. The molecule has 114 valence electrons. The molecule has 1 atom stereocenters. The van der Waals surface area contributed by atoms with Crippen LogP contribution in [0, 0.1) is 0 Å². The van der Waals surface area contributed by atoms with Gasteiger partial charge < -0.3 is 0 Å². The standard InChI is InChI=1S/C17H12N2O4/c20-14-6-5-13(15(21)18-14)19-16(22)11-7-9-3-1-2-4-10(9)8-12(11)17(19)23/h1-4,7-8,13H,5-6H2,(H,18,20,21). The largest absolute Gasteiger partial charge is 0.295 e. The number of benzene rings is 2. The van der Waals surface area contributed by atoms with Crippen LogP contribution in [0.15, 0.2) is 36.4 Å². The molecule has 1 saturated heterocycles. The van der Waals surface area contributed by atoms with Crippen molar-refractivity contribution in [3.63, 3.8) is 0 Å². The average Bonchev–Trinajstić information content (AvgIpc) is 2.77. The maximum absolute atomic E-state index is 12.6. The Morgan fingerprint density at radius 3 is 2.00 bits per heavy atom. The van der Waals surface area contributed by atoms with E-state index in [1.165, 1.54) is 0 Å². The molecule has 0 bridgehead atoms. The van der Waals surface area contributed by atoms with Gasteiger partial charge in [0.2, 0.25) is 11.8 Å². The van der Waals surface area contributed by atoms with E-state index in [4.69, 9.17) is 0 Å². The van der Waals surface area contributed by atoms with Gasteiger partial charge in [0.25, 0.3) is 11.8 Å². The Kier molecular flexibility index (Phi) is 2.81. The lowest BCUT2D eigenvalue weighted by Gasteiger charge is -2.27. The minimum absolute atomic E-state index is 0.117. The predicted molar refractivity (Wildman–Crippen MR) is 80.6 cm³/mol. The molecular formula is C17H12N2O4. The lowest BCUT2D eigenvalue weighted by molar-refractivity contribution is -0.136. The van der Waals surface area contributed by atoms with Gasteiger partial charge in [-0.1, -0.05) is 24.3 Å². The van der Waals surface area contributed by atoms with Gasteiger partial charge in [-0.25, -0.2) is 0 Å². The van der Waals surface area contributed by atoms with Crippen molar-refractivity contribution >= 4 is 34.4 Å². The Balaban J connectivity index is 1.78. The zero-order valence-electron chi connectivity index (χ0n) is 12.0.